The molecule has 1 rings (SSSR count). The van der Waals surface area contributed by atoms with Crippen LogP contribution in [0.2, 0.25) is 18.6 Å². The number of hydrogen-bond acceptors (Lipinski definition) is 1. The maximum absolute atomic E-state index is 3.84. The van der Waals surface area contributed by atoms with Crippen LogP contribution in [0.25, 0.3) is 0 Å². The predicted octanol–water partition coefficient (Wildman–Crippen LogP) is 3.53. The van der Waals surface area contributed by atoms with Crippen molar-refractivity contribution in [2.75, 3.05) is 6.54 Å². The summed E-state index contributed by atoms with van der Waals surface area (Å²) in [7, 11) is -1.06. The summed E-state index contributed by atoms with van der Waals surface area (Å²) in [4.78, 5) is 3.84. The monoisotopic (exact) mass is 199 g/mol. The predicted molar refractivity (Wildman–Crippen MR) is 62.6 cm³/mol. The van der Waals surface area contributed by atoms with Crippen LogP contribution in [0, 0.1) is 0 Å². The Morgan fingerprint density at radius 3 is 2.38 bits per heavy atom. The van der Waals surface area contributed by atoms with Gasteiger partial charge in [-0.05, 0) is 18.5 Å². The summed E-state index contributed by atoms with van der Waals surface area (Å²) in [5, 5.41) is 0. The third-order valence-corrected chi connectivity index (χ3v) is 7.27. The molecule has 0 aromatic heterocycles. The average molecular weight is 199 g/mol. The zero-order valence-electron chi connectivity index (χ0n) is 9.53. The van der Waals surface area contributed by atoms with E-state index in [0.717, 1.165) is 5.54 Å². The van der Waals surface area contributed by atoms with Crippen molar-refractivity contribution in [2.45, 2.75) is 64.1 Å². The van der Waals surface area contributed by atoms with E-state index >= 15 is 0 Å². The van der Waals surface area contributed by atoms with E-state index in [-0.39, 0.29) is 0 Å². The highest BCUT2D eigenvalue weighted by Crippen LogP contribution is 2.36. The molecule has 0 heterocycles. The van der Waals surface area contributed by atoms with Gasteiger partial charge in [0.25, 0.3) is 0 Å². The molecule has 0 aliphatic heterocycles. The van der Waals surface area contributed by atoms with Gasteiger partial charge in [0.15, 0.2) is 0 Å². The van der Waals surface area contributed by atoms with Crippen molar-refractivity contribution < 1.29 is 0 Å². The lowest BCUT2D eigenvalue weighted by molar-refractivity contribution is 0.722. The fourth-order valence-corrected chi connectivity index (χ4v) is 5.34. The Morgan fingerprint density at radius 2 is 1.85 bits per heavy atom. The molecule has 2 heteroatoms. The molecule has 0 aromatic rings. The zero-order valence-corrected chi connectivity index (χ0v) is 10.5. The van der Waals surface area contributed by atoms with Crippen molar-refractivity contribution in [1.29, 1.82) is 0 Å². The van der Waals surface area contributed by atoms with Gasteiger partial charge in [-0.3, -0.25) is 0 Å². The molecule has 1 aliphatic rings. The SMILES string of the molecule is CCCCN[Si](C)(C)C1CCCC1. The molecule has 1 fully saturated rings. The minimum atomic E-state index is -1.06. The van der Waals surface area contributed by atoms with Gasteiger partial charge in [-0.25, -0.2) is 0 Å². The number of hydrogen-bond donors (Lipinski definition) is 1. The Bertz CT molecular complexity index is 139. The van der Waals surface area contributed by atoms with Crippen LogP contribution in [0.4, 0.5) is 0 Å². The van der Waals surface area contributed by atoms with Crippen LogP contribution in [0.1, 0.15) is 45.4 Å². The lowest BCUT2D eigenvalue weighted by Gasteiger charge is -2.30. The van der Waals surface area contributed by atoms with Crippen molar-refractivity contribution >= 4 is 8.24 Å². The number of nitrogens with one attached hydrogen (secondary N) is 1. The minimum Gasteiger partial charge on any atom is -0.337 e. The van der Waals surface area contributed by atoms with E-state index in [1.165, 1.54) is 45.1 Å². The van der Waals surface area contributed by atoms with Gasteiger partial charge in [0.05, 0.1) is 0 Å². The van der Waals surface area contributed by atoms with Crippen LogP contribution in [-0.2, 0) is 0 Å². The second-order valence-electron chi connectivity index (χ2n) is 4.98. The highest BCUT2D eigenvalue weighted by molar-refractivity contribution is 6.76. The number of unbranched alkanes of at least 4 members (excludes halogenated alkanes) is 1. The van der Waals surface area contributed by atoms with Gasteiger partial charge in [-0.15, -0.1) is 0 Å². The van der Waals surface area contributed by atoms with Crippen LogP contribution in [0.15, 0.2) is 0 Å². The molecule has 13 heavy (non-hydrogen) atoms. The van der Waals surface area contributed by atoms with Crippen molar-refractivity contribution in [1.82, 2.24) is 4.98 Å². The Kier molecular flexibility index (Phi) is 4.46. The summed E-state index contributed by atoms with van der Waals surface area (Å²) in [6, 6.07) is 0. The van der Waals surface area contributed by atoms with Gasteiger partial charge in [-0.1, -0.05) is 52.1 Å². The fraction of sp³-hybridized carbons (Fsp3) is 1.00. The van der Waals surface area contributed by atoms with Gasteiger partial charge >= 0.3 is 0 Å². The molecule has 0 atom stereocenters. The first-order valence-corrected chi connectivity index (χ1v) is 8.99. The van der Waals surface area contributed by atoms with E-state index in [4.69, 9.17) is 0 Å². The van der Waals surface area contributed by atoms with E-state index in [9.17, 15) is 0 Å². The molecule has 0 amide bonds. The highest BCUT2D eigenvalue weighted by Gasteiger charge is 2.33. The lowest BCUT2D eigenvalue weighted by Crippen LogP contribution is -2.48. The first kappa shape index (κ1) is 11.3. The average Bonchev–Trinajstić information content (AvgIpc) is 2.56. The van der Waals surface area contributed by atoms with Gasteiger partial charge in [0.2, 0.25) is 0 Å². The highest BCUT2D eigenvalue weighted by atomic mass is 28.3. The number of rotatable bonds is 5. The first-order chi connectivity index (χ1) is 6.17. The van der Waals surface area contributed by atoms with Crippen LogP contribution in [-0.4, -0.2) is 14.8 Å². The smallest absolute Gasteiger partial charge is 0.122 e. The summed E-state index contributed by atoms with van der Waals surface area (Å²) < 4.78 is 0. The van der Waals surface area contributed by atoms with Crippen molar-refractivity contribution in [2.24, 2.45) is 0 Å². The topological polar surface area (TPSA) is 12.0 Å². The molecule has 1 N–H and O–H groups in total. The molecule has 1 nitrogen and oxygen atoms in total. The zero-order chi connectivity index (χ0) is 9.73. The largest absolute Gasteiger partial charge is 0.337 e. The molecule has 0 spiro atoms. The normalized spacial score (nSPS) is 19.6. The van der Waals surface area contributed by atoms with Crippen LogP contribution in [0.5, 0.6) is 0 Å². The van der Waals surface area contributed by atoms with Crippen molar-refractivity contribution in [3.8, 4) is 0 Å². The van der Waals surface area contributed by atoms with Gasteiger partial charge in [-0.2, -0.15) is 0 Å². The molecule has 0 aromatic carbocycles. The summed E-state index contributed by atoms with van der Waals surface area (Å²) in [5.41, 5.74) is 1.06. The molecule has 0 bridgehead atoms. The first-order valence-electron chi connectivity index (χ1n) is 5.92. The van der Waals surface area contributed by atoms with Gasteiger partial charge in [0.1, 0.15) is 8.24 Å². The van der Waals surface area contributed by atoms with Crippen LogP contribution < -0.4 is 4.98 Å². The van der Waals surface area contributed by atoms with Crippen LogP contribution in [0.3, 0.4) is 0 Å². The van der Waals surface area contributed by atoms with Gasteiger partial charge in [0, 0.05) is 0 Å². The molecule has 1 saturated carbocycles. The van der Waals surface area contributed by atoms with E-state index in [2.05, 4.69) is 25.0 Å². The molecular weight excluding hydrogens is 174 g/mol. The fourth-order valence-electron chi connectivity index (χ4n) is 2.38. The Morgan fingerprint density at radius 1 is 1.23 bits per heavy atom. The molecule has 0 saturated heterocycles. The third-order valence-electron chi connectivity index (χ3n) is 3.49. The van der Waals surface area contributed by atoms with E-state index in [1.807, 2.05) is 0 Å². The maximum Gasteiger partial charge on any atom is 0.122 e. The van der Waals surface area contributed by atoms with Crippen molar-refractivity contribution in [3.63, 3.8) is 0 Å². The summed E-state index contributed by atoms with van der Waals surface area (Å²) in [6.45, 7) is 8.55. The van der Waals surface area contributed by atoms with E-state index < -0.39 is 8.24 Å². The van der Waals surface area contributed by atoms with E-state index in [0.29, 0.717) is 0 Å². The molecule has 78 valence electrons. The summed E-state index contributed by atoms with van der Waals surface area (Å²) in [5.74, 6) is 0. The molecular formula is C11H25NSi. The third kappa shape index (κ3) is 3.43. The molecule has 0 unspecified atom stereocenters. The standard InChI is InChI=1S/C11H25NSi/c1-4-5-10-12-13(2,3)11-8-6-7-9-11/h11-12H,4-10H2,1-3H3. The quantitative estimate of drug-likeness (QED) is 0.528. The Labute approximate surface area is 84.4 Å². The Balaban J connectivity index is 2.26. The van der Waals surface area contributed by atoms with Gasteiger partial charge < -0.3 is 4.98 Å². The summed E-state index contributed by atoms with van der Waals surface area (Å²) >= 11 is 0. The Hall–Kier alpha value is 0.177. The maximum atomic E-state index is 3.84. The molecule has 1 aliphatic carbocycles. The minimum absolute atomic E-state index is 1.06. The second-order valence-corrected chi connectivity index (χ2v) is 9.60. The lowest BCUT2D eigenvalue weighted by atomic mass is 10.3. The molecule has 0 radical (unpaired) electrons. The van der Waals surface area contributed by atoms with E-state index in [1.54, 1.807) is 0 Å². The van der Waals surface area contributed by atoms with Crippen LogP contribution >= 0.6 is 0 Å². The van der Waals surface area contributed by atoms with Crippen molar-refractivity contribution in [3.05, 3.63) is 0 Å². The second kappa shape index (κ2) is 5.16. The summed E-state index contributed by atoms with van der Waals surface area (Å²) in [6.07, 6.45) is 8.63.